The number of oxazole rings is 1. The number of anilines is 1. The number of methoxy groups -OCH3 is 2. The predicted octanol–water partition coefficient (Wildman–Crippen LogP) is 5.60. The second-order valence-corrected chi connectivity index (χ2v) is 8.24. The van der Waals surface area contributed by atoms with Crippen LogP contribution in [0.2, 0.25) is 0 Å². The minimum Gasteiger partial charge on any atom is -0.465 e. The molecule has 0 spiro atoms. The molecule has 176 valence electrons. The van der Waals surface area contributed by atoms with Crippen LogP contribution in [-0.2, 0) is 9.47 Å². The Morgan fingerprint density at radius 3 is 2.23 bits per heavy atom. The Kier molecular flexibility index (Phi) is 7.07. The van der Waals surface area contributed by atoms with Crippen molar-refractivity contribution in [3.63, 3.8) is 0 Å². The van der Waals surface area contributed by atoms with E-state index in [-0.39, 0.29) is 22.7 Å². The molecule has 0 bridgehead atoms. The summed E-state index contributed by atoms with van der Waals surface area (Å²) in [6.07, 6.45) is 1.59. The number of benzene rings is 3. The van der Waals surface area contributed by atoms with Crippen molar-refractivity contribution < 1.29 is 28.3 Å². The smallest absolute Gasteiger partial charge is 0.337 e. The van der Waals surface area contributed by atoms with Crippen LogP contribution in [0.1, 0.15) is 31.1 Å². The number of carbonyl (C=O) groups is 3. The number of nitrogens with one attached hydrogen (secondary N) is 1. The van der Waals surface area contributed by atoms with Gasteiger partial charge in [0.15, 0.2) is 5.76 Å². The van der Waals surface area contributed by atoms with Gasteiger partial charge in [-0.2, -0.15) is 0 Å². The first kappa shape index (κ1) is 23.9. The number of ether oxygens (including phenoxy) is 2. The van der Waals surface area contributed by atoms with Crippen molar-refractivity contribution in [2.24, 2.45) is 0 Å². The van der Waals surface area contributed by atoms with Gasteiger partial charge in [-0.15, -0.1) is 0 Å². The van der Waals surface area contributed by atoms with Crippen molar-refractivity contribution in [3.8, 4) is 22.8 Å². The van der Waals surface area contributed by atoms with Gasteiger partial charge in [-0.25, -0.2) is 14.6 Å². The molecule has 4 rings (SSSR count). The average molecular weight is 535 g/mol. The molecule has 0 radical (unpaired) electrons. The standard InChI is InChI=1S/C26H19BrN2O6/c1-33-25(31)16-10-17(26(32)34-2)13-19(12-16)29-23(30)20-8-3-4-9-21(20)24-28-14-22(35-24)15-6-5-7-18(27)11-15/h3-14H,1-2H3,(H,29,30). The zero-order chi connectivity index (χ0) is 24.9. The molecule has 0 saturated heterocycles. The first-order chi connectivity index (χ1) is 16.9. The van der Waals surface area contributed by atoms with Crippen molar-refractivity contribution in [1.82, 2.24) is 4.98 Å². The Morgan fingerprint density at radius 1 is 0.886 bits per heavy atom. The van der Waals surface area contributed by atoms with Crippen molar-refractivity contribution >= 4 is 39.5 Å². The molecule has 0 aliphatic carbocycles. The summed E-state index contributed by atoms with van der Waals surface area (Å²) < 4.78 is 16.3. The highest BCUT2D eigenvalue weighted by Gasteiger charge is 2.19. The Bertz CT molecular complexity index is 1390. The van der Waals surface area contributed by atoms with Crippen LogP contribution in [0.5, 0.6) is 0 Å². The van der Waals surface area contributed by atoms with Crippen LogP contribution in [0.3, 0.4) is 0 Å². The minimum atomic E-state index is -0.661. The summed E-state index contributed by atoms with van der Waals surface area (Å²) in [5.41, 5.74) is 1.99. The van der Waals surface area contributed by atoms with E-state index in [2.05, 4.69) is 26.2 Å². The molecule has 9 heteroatoms. The van der Waals surface area contributed by atoms with Crippen LogP contribution in [0.4, 0.5) is 5.69 Å². The van der Waals surface area contributed by atoms with Crippen LogP contribution >= 0.6 is 15.9 Å². The highest BCUT2D eigenvalue weighted by molar-refractivity contribution is 9.10. The van der Waals surface area contributed by atoms with Gasteiger partial charge in [0.2, 0.25) is 5.89 Å². The van der Waals surface area contributed by atoms with Gasteiger partial charge in [-0.1, -0.05) is 40.2 Å². The lowest BCUT2D eigenvalue weighted by atomic mass is 10.1. The van der Waals surface area contributed by atoms with E-state index in [1.807, 2.05) is 24.3 Å². The van der Waals surface area contributed by atoms with Gasteiger partial charge in [0.05, 0.1) is 37.1 Å². The summed E-state index contributed by atoms with van der Waals surface area (Å²) in [5, 5.41) is 2.72. The fourth-order valence-corrected chi connectivity index (χ4v) is 3.81. The van der Waals surface area contributed by atoms with Crippen molar-refractivity contribution in [2.75, 3.05) is 19.5 Å². The lowest BCUT2D eigenvalue weighted by Gasteiger charge is -2.11. The molecular formula is C26H19BrN2O6. The van der Waals surface area contributed by atoms with Crippen molar-refractivity contribution in [1.29, 1.82) is 0 Å². The van der Waals surface area contributed by atoms with Crippen LogP contribution in [-0.4, -0.2) is 37.0 Å². The molecule has 0 aliphatic heterocycles. The molecular weight excluding hydrogens is 516 g/mol. The number of halogens is 1. The summed E-state index contributed by atoms with van der Waals surface area (Å²) in [6.45, 7) is 0. The molecule has 0 unspecified atom stereocenters. The van der Waals surface area contributed by atoms with E-state index in [1.54, 1.807) is 30.5 Å². The van der Waals surface area contributed by atoms with Gasteiger partial charge in [-0.05, 0) is 42.5 Å². The molecule has 0 fully saturated rings. The van der Waals surface area contributed by atoms with Crippen molar-refractivity contribution in [2.45, 2.75) is 0 Å². The Balaban J connectivity index is 1.67. The molecule has 1 aromatic heterocycles. The van der Waals surface area contributed by atoms with Crippen molar-refractivity contribution in [3.05, 3.63) is 94.1 Å². The number of carbonyl (C=O) groups excluding carboxylic acids is 3. The number of hydrogen-bond acceptors (Lipinski definition) is 7. The molecule has 8 nitrogen and oxygen atoms in total. The maximum absolute atomic E-state index is 13.2. The van der Waals surface area contributed by atoms with E-state index >= 15 is 0 Å². The van der Waals surface area contributed by atoms with Gasteiger partial charge >= 0.3 is 11.9 Å². The number of hydrogen-bond donors (Lipinski definition) is 1. The molecule has 0 aliphatic rings. The van der Waals surface area contributed by atoms with Crippen LogP contribution in [0.25, 0.3) is 22.8 Å². The highest BCUT2D eigenvalue weighted by atomic mass is 79.9. The van der Waals surface area contributed by atoms with E-state index in [1.165, 1.54) is 32.4 Å². The highest BCUT2D eigenvalue weighted by Crippen LogP contribution is 2.30. The zero-order valence-corrected chi connectivity index (χ0v) is 20.3. The summed E-state index contributed by atoms with van der Waals surface area (Å²) in [4.78, 5) is 41.7. The predicted molar refractivity (Wildman–Crippen MR) is 132 cm³/mol. The van der Waals surface area contributed by atoms with Gasteiger partial charge in [-0.3, -0.25) is 4.79 Å². The molecule has 4 aromatic rings. The van der Waals surface area contributed by atoms with E-state index in [0.29, 0.717) is 16.9 Å². The molecule has 0 saturated carbocycles. The summed E-state index contributed by atoms with van der Waals surface area (Å²) >= 11 is 3.44. The second kappa shape index (κ2) is 10.4. The normalized spacial score (nSPS) is 10.5. The largest absolute Gasteiger partial charge is 0.465 e. The fraction of sp³-hybridized carbons (Fsp3) is 0.0769. The number of nitrogens with zero attached hydrogens (tertiary/aromatic N) is 1. The number of rotatable bonds is 6. The minimum absolute atomic E-state index is 0.0883. The molecule has 1 amide bonds. The van der Waals surface area contributed by atoms with Gasteiger partial charge in [0, 0.05) is 21.3 Å². The lowest BCUT2D eigenvalue weighted by molar-refractivity contribution is 0.0599. The second-order valence-electron chi connectivity index (χ2n) is 7.32. The van der Waals surface area contributed by atoms with E-state index in [0.717, 1.165) is 10.0 Å². The third-order valence-electron chi connectivity index (χ3n) is 5.05. The lowest BCUT2D eigenvalue weighted by Crippen LogP contribution is -2.15. The van der Waals surface area contributed by atoms with E-state index in [9.17, 15) is 14.4 Å². The Labute approximate surface area is 209 Å². The topological polar surface area (TPSA) is 108 Å². The van der Waals surface area contributed by atoms with Gasteiger partial charge < -0.3 is 19.2 Å². The molecule has 1 N–H and O–H groups in total. The molecule has 3 aromatic carbocycles. The third kappa shape index (κ3) is 5.30. The van der Waals surface area contributed by atoms with Crippen LogP contribution in [0, 0.1) is 0 Å². The maximum atomic E-state index is 13.2. The van der Waals surface area contributed by atoms with E-state index in [4.69, 9.17) is 13.9 Å². The summed E-state index contributed by atoms with van der Waals surface area (Å²) in [6, 6.07) is 18.5. The molecule has 35 heavy (non-hydrogen) atoms. The van der Waals surface area contributed by atoms with Crippen LogP contribution in [0.15, 0.2) is 81.8 Å². The summed E-state index contributed by atoms with van der Waals surface area (Å²) in [7, 11) is 2.45. The fourth-order valence-electron chi connectivity index (χ4n) is 3.41. The Morgan fingerprint density at radius 2 is 1.57 bits per heavy atom. The maximum Gasteiger partial charge on any atom is 0.337 e. The van der Waals surface area contributed by atoms with E-state index < -0.39 is 17.8 Å². The summed E-state index contributed by atoms with van der Waals surface area (Å²) in [5.74, 6) is -0.993. The SMILES string of the molecule is COC(=O)c1cc(NC(=O)c2ccccc2-c2ncc(-c3cccc(Br)c3)o2)cc(C(=O)OC)c1. The quantitative estimate of drug-likeness (QED) is 0.321. The first-order valence-electron chi connectivity index (χ1n) is 10.3. The molecule has 1 heterocycles. The average Bonchev–Trinajstić information content (AvgIpc) is 3.38. The van der Waals surface area contributed by atoms with Crippen LogP contribution < -0.4 is 5.32 Å². The van der Waals surface area contributed by atoms with Gasteiger partial charge in [0.25, 0.3) is 5.91 Å². The first-order valence-corrected chi connectivity index (χ1v) is 11.1. The Hall–Kier alpha value is -4.24. The molecule has 0 atom stereocenters. The number of esters is 2. The third-order valence-corrected chi connectivity index (χ3v) is 5.54. The monoisotopic (exact) mass is 534 g/mol. The van der Waals surface area contributed by atoms with Gasteiger partial charge in [0.1, 0.15) is 0 Å². The number of amides is 1. The number of aromatic nitrogens is 1. The zero-order valence-electron chi connectivity index (χ0n) is 18.7.